The van der Waals surface area contributed by atoms with E-state index in [4.69, 9.17) is 11.6 Å². The Bertz CT molecular complexity index is 421. The summed E-state index contributed by atoms with van der Waals surface area (Å²) in [6.07, 6.45) is 2.52. The lowest BCUT2D eigenvalue weighted by Gasteiger charge is -1.91. The summed E-state index contributed by atoms with van der Waals surface area (Å²) in [4.78, 5) is 11.7. The molecular formula is C9H10ClN3S. The van der Waals surface area contributed by atoms with Crippen LogP contribution in [0.4, 0.5) is 0 Å². The average Bonchev–Trinajstić information content (AvgIpc) is 2.76. The molecule has 0 aromatic carbocycles. The fraction of sp³-hybridized carbons (Fsp3) is 0.333. The van der Waals surface area contributed by atoms with Gasteiger partial charge < -0.3 is 4.98 Å². The van der Waals surface area contributed by atoms with Gasteiger partial charge >= 0.3 is 0 Å². The summed E-state index contributed by atoms with van der Waals surface area (Å²) in [6.45, 7) is 2.00. The zero-order valence-electron chi connectivity index (χ0n) is 7.75. The van der Waals surface area contributed by atoms with Crippen LogP contribution in [0.3, 0.4) is 0 Å². The van der Waals surface area contributed by atoms with Gasteiger partial charge in [-0.1, -0.05) is 0 Å². The van der Waals surface area contributed by atoms with Crippen molar-refractivity contribution in [3.63, 3.8) is 0 Å². The molecule has 0 radical (unpaired) electrons. The molecule has 2 rings (SSSR count). The Balaban J connectivity index is 2.10. The van der Waals surface area contributed by atoms with E-state index in [0.29, 0.717) is 5.88 Å². The minimum atomic E-state index is 0.475. The van der Waals surface area contributed by atoms with Gasteiger partial charge in [-0.15, -0.1) is 22.9 Å². The van der Waals surface area contributed by atoms with E-state index in [1.54, 1.807) is 17.5 Å². The molecule has 0 aliphatic heterocycles. The fourth-order valence-corrected chi connectivity index (χ4v) is 1.97. The maximum Gasteiger partial charge on any atom is 0.112 e. The van der Waals surface area contributed by atoms with Crippen molar-refractivity contribution in [3.8, 4) is 0 Å². The molecule has 0 bridgehead atoms. The highest BCUT2D eigenvalue weighted by Gasteiger charge is 2.03. The van der Waals surface area contributed by atoms with Gasteiger partial charge in [0.25, 0.3) is 0 Å². The smallest absolute Gasteiger partial charge is 0.112 e. The molecule has 74 valence electrons. The predicted octanol–water partition coefficient (Wildman–Crippen LogP) is 2.50. The van der Waals surface area contributed by atoms with Crippen molar-refractivity contribution >= 4 is 22.9 Å². The summed E-state index contributed by atoms with van der Waals surface area (Å²) < 4.78 is 0. The van der Waals surface area contributed by atoms with E-state index < -0.39 is 0 Å². The molecule has 0 aliphatic rings. The number of rotatable bonds is 3. The summed E-state index contributed by atoms with van der Waals surface area (Å²) in [5, 5.41) is 3.14. The molecule has 5 heteroatoms. The number of aromatic nitrogens is 3. The Morgan fingerprint density at radius 3 is 3.00 bits per heavy atom. The van der Waals surface area contributed by atoms with Crippen molar-refractivity contribution < 1.29 is 0 Å². The molecule has 0 atom stereocenters. The van der Waals surface area contributed by atoms with Gasteiger partial charge in [-0.2, -0.15) is 0 Å². The number of nitrogens with one attached hydrogen (secondary N) is 1. The van der Waals surface area contributed by atoms with Crippen LogP contribution in [0, 0.1) is 6.92 Å². The van der Waals surface area contributed by atoms with Gasteiger partial charge in [0.1, 0.15) is 5.82 Å². The number of nitrogens with zero attached hydrogens (tertiary/aromatic N) is 2. The molecule has 0 amide bonds. The van der Waals surface area contributed by atoms with Crippen molar-refractivity contribution in [2.75, 3.05) is 0 Å². The number of halogens is 1. The van der Waals surface area contributed by atoms with Crippen LogP contribution in [0.15, 0.2) is 11.6 Å². The van der Waals surface area contributed by atoms with Crippen molar-refractivity contribution in [2.24, 2.45) is 0 Å². The topological polar surface area (TPSA) is 41.6 Å². The molecule has 0 aliphatic carbocycles. The lowest BCUT2D eigenvalue weighted by atomic mass is 10.3. The largest absolute Gasteiger partial charge is 0.345 e. The molecule has 2 heterocycles. The SMILES string of the molecule is Cc1nc(Cc2ncc(CCl)[nH]2)cs1. The fourth-order valence-electron chi connectivity index (χ4n) is 1.22. The average molecular weight is 228 g/mol. The highest BCUT2D eigenvalue weighted by atomic mass is 35.5. The minimum Gasteiger partial charge on any atom is -0.345 e. The molecule has 2 aromatic rings. The molecule has 0 unspecified atom stereocenters. The van der Waals surface area contributed by atoms with E-state index in [0.717, 1.165) is 28.6 Å². The first kappa shape index (κ1) is 9.68. The number of thiazole rings is 1. The van der Waals surface area contributed by atoms with Crippen molar-refractivity contribution in [1.82, 2.24) is 15.0 Å². The van der Waals surface area contributed by atoms with Crippen LogP contribution in [0.25, 0.3) is 0 Å². The summed E-state index contributed by atoms with van der Waals surface area (Å²) >= 11 is 7.32. The third-order valence-corrected chi connectivity index (χ3v) is 2.95. The molecule has 3 nitrogen and oxygen atoms in total. The standard InChI is InChI=1S/C9H10ClN3S/c1-6-12-7(5-14-6)2-9-11-4-8(3-10)13-9/h4-5H,2-3H2,1H3,(H,11,13). The van der Waals surface area contributed by atoms with Crippen molar-refractivity contribution in [2.45, 2.75) is 19.2 Å². The highest BCUT2D eigenvalue weighted by Crippen LogP contribution is 2.11. The molecule has 0 saturated carbocycles. The first-order valence-electron chi connectivity index (χ1n) is 4.27. The van der Waals surface area contributed by atoms with Gasteiger partial charge in [0.2, 0.25) is 0 Å². The second kappa shape index (κ2) is 4.11. The third-order valence-electron chi connectivity index (χ3n) is 1.84. The normalized spacial score (nSPS) is 10.7. The quantitative estimate of drug-likeness (QED) is 0.819. The second-order valence-corrected chi connectivity index (χ2v) is 4.35. The molecular weight excluding hydrogens is 218 g/mol. The van der Waals surface area contributed by atoms with Gasteiger partial charge in [0.15, 0.2) is 0 Å². The zero-order chi connectivity index (χ0) is 9.97. The van der Waals surface area contributed by atoms with Gasteiger partial charge in [0.05, 0.1) is 16.6 Å². The van der Waals surface area contributed by atoms with Crippen LogP contribution < -0.4 is 0 Å². The Morgan fingerprint density at radius 2 is 2.43 bits per heavy atom. The van der Waals surface area contributed by atoms with Crippen LogP contribution in [-0.4, -0.2) is 15.0 Å². The van der Waals surface area contributed by atoms with Crippen LogP contribution in [-0.2, 0) is 12.3 Å². The second-order valence-electron chi connectivity index (χ2n) is 3.02. The molecule has 14 heavy (non-hydrogen) atoms. The number of hydrogen-bond acceptors (Lipinski definition) is 3. The summed E-state index contributed by atoms with van der Waals surface area (Å²) in [7, 11) is 0. The third kappa shape index (κ3) is 2.13. The first-order valence-corrected chi connectivity index (χ1v) is 5.69. The van der Waals surface area contributed by atoms with E-state index in [9.17, 15) is 0 Å². The highest BCUT2D eigenvalue weighted by molar-refractivity contribution is 7.09. The summed E-state index contributed by atoms with van der Waals surface area (Å²) in [5.74, 6) is 1.40. The van der Waals surface area contributed by atoms with Crippen LogP contribution in [0.1, 0.15) is 22.2 Å². The first-order chi connectivity index (χ1) is 6.78. The van der Waals surface area contributed by atoms with Crippen molar-refractivity contribution in [1.29, 1.82) is 0 Å². The van der Waals surface area contributed by atoms with Crippen molar-refractivity contribution in [3.05, 3.63) is 33.8 Å². The Morgan fingerprint density at radius 1 is 1.57 bits per heavy atom. The van der Waals surface area contributed by atoms with Crippen LogP contribution >= 0.6 is 22.9 Å². The molecule has 2 aromatic heterocycles. The number of H-pyrrole nitrogens is 1. The van der Waals surface area contributed by atoms with E-state index in [1.165, 1.54) is 0 Å². The van der Waals surface area contributed by atoms with E-state index in [1.807, 2.05) is 6.92 Å². The minimum absolute atomic E-state index is 0.475. The molecule has 1 N–H and O–H groups in total. The van der Waals surface area contributed by atoms with Gasteiger partial charge in [-0.05, 0) is 6.92 Å². The predicted molar refractivity (Wildman–Crippen MR) is 57.8 cm³/mol. The van der Waals surface area contributed by atoms with E-state index in [2.05, 4.69) is 20.3 Å². The number of aromatic amines is 1. The number of aryl methyl sites for hydroxylation is 1. The summed E-state index contributed by atoms with van der Waals surface area (Å²) in [5.41, 5.74) is 2.01. The molecule has 0 spiro atoms. The lowest BCUT2D eigenvalue weighted by molar-refractivity contribution is 0.975. The zero-order valence-corrected chi connectivity index (χ0v) is 9.32. The van der Waals surface area contributed by atoms with Crippen LogP contribution in [0.5, 0.6) is 0 Å². The monoisotopic (exact) mass is 227 g/mol. The van der Waals surface area contributed by atoms with Gasteiger partial charge in [-0.25, -0.2) is 9.97 Å². The number of alkyl halides is 1. The van der Waals surface area contributed by atoms with Crippen LogP contribution in [0.2, 0.25) is 0 Å². The molecule has 0 saturated heterocycles. The Labute approximate surface area is 91.2 Å². The molecule has 0 fully saturated rings. The lowest BCUT2D eigenvalue weighted by Crippen LogP contribution is -1.91. The van der Waals surface area contributed by atoms with Gasteiger partial charge in [0, 0.05) is 23.7 Å². The number of imidazole rings is 1. The van der Waals surface area contributed by atoms with Gasteiger partial charge in [-0.3, -0.25) is 0 Å². The van der Waals surface area contributed by atoms with E-state index >= 15 is 0 Å². The Hall–Kier alpha value is -0.870. The summed E-state index contributed by atoms with van der Waals surface area (Å²) in [6, 6.07) is 0. The maximum absolute atomic E-state index is 5.66. The number of hydrogen-bond donors (Lipinski definition) is 1. The maximum atomic E-state index is 5.66. The Kier molecular flexibility index (Phi) is 2.84. The van der Waals surface area contributed by atoms with E-state index in [-0.39, 0.29) is 0 Å².